The van der Waals surface area contributed by atoms with Gasteiger partial charge in [0, 0.05) is 0 Å². The number of benzene rings is 3. The molecule has 8 nitrogen and oxygen atoms in total. The van der Waals surface area contributed by atoms with Gasteiger partial charge in [-0.15, -0.1) is 4.52 Å². The molecule has 1 aliphatic rings. The van der Waals surface area contributed by atoms with Crippen molar-refractivity contribution < 1.29 is 32.9 Å². The van der Waals surface area contributed by atoms with Crippen molar-refractivity contribution in [3.63, 3.8) is 0 Å². The number of carbonyl (C=O) groups is 2. The first-order chi connectivity index (χ1) is 19.5. The quantitative estimate of drug-likeness (QED) is 0.205. The Bertz CT molecular complexity index is 1290. The zero-order valence-electron chi connectivity index (χ0n) is 24.0. The molecule has 3 aromatic rings. The Hall–Kier alpha value is -3.58. The van der Waals surface area contributed by atoms with E-state index >= 15 is 0 Å². The van der Waals surface area contributed by atoms with E-state index in [0.29, 0.717) is 11.1 Å². The van der Waals surface area contributed by atoms with Crippen molar-refractivity contribution in [3.8, 4) is 0 Å². The van der Waals surface area contributed by atoms with Crippen LogP contribution in [0.3, 0.4) is 0 Å². The van der Waals surface area contributed by atoms with Gasteiger partial charge in [0.1, 0.15) is 24.0 Å². The lowest BCUT2D eigenvalue weighted by molar-refractivity contribution is -0.156. The average Bonchev–Trinajstić information content (AvgIpc) is 3.20. The highest BCUT2D eigenvalue weighted by Gasteiger charge is 2.62. The van der Waals surface area contributed by atoms with Gasteiger partial charge in [-0.2, -0.15) is 0 Å². The third kappa shape index (κ3) is 6.84. The van der Waals surface area contributed by atoms with Gasteiger partial charge >= 0.3 is 20.7 Å². The highest BCUT2D eigenvalue weighted by atomic mass is 31.1. The van der Waals surface area contributed by atoms with Crippen LogP contribution >= 0.6 is 8.69 Å². The molecule has 3 unspecified atom stereocenters. The molecule has 0 aliphatic carbocycles. The molecule has 0 saturated carbocycles. The summed E-state index contributed by atoms with van der Waals surface area (Å²) in [5, 5.41) is 0. The molecule has 1 amide bonds. The maximum absolute atomic E-state index is 13.8. The molecule has 0 N–H and O–H groups in total. The topological polar surface area (TPSA) is 91.4 Å². The fourth-order valence-corrected chi connectivity index (χ4v) is 5.82. The van der Waals surface area contributed by atoms with Crippen LogP contribution in [0.1, 0.15) is 57.7 Å². The highest BCUT2D eigenvalue weighted by Crippen LogP contribution is 2.49. The Labute approximate surface area is 242 Å². The second-order valence-electron chi connectivity index (χ2n) is 11.4. The summed E-state index contributed by atoms with van der Waals surface area (Å²) in [7, 11) is -1.17. The summed E-state index contributed by atoms with van der Waals surface area (Å²) in [6.45, 7) is 8.85. The van der Waals surface area contributed by atoms with E-state index in [0.717, 1.165) is 5.56 Å². The second kappa shape index (κ2) is 12.5. The van der Waals surface area contributed by atoms with Gasteiger partial charge in [-0.05, 0) is 55.9 Å². The fourth-order valence-electron chi connectivity index (χ4n) is 5.34. The van der Waals surface area contributed by atoms with E-state index in [1.54, 1.807) is 34.6 Å². The molecule has 4 rings (SSSR count). The van der Waals surface area contributed by atoms with Crippen molar-refractivity contribution in [3.05, 3.63) is 108 Å². The predicted molar refractivity (Wildman–Crippen MR) is 155 cm³/mol. The summed E-state index contributed by atoms with van der Waals surface area (Å²) in [5.41, 5.74) is -1.29. The molecule has 1 heterocycles. The lowest BCUT2D eigenvalue weighted by Crippen LogP contribution is -2.53. The van der Waals surface area contributed by atoms with E-state index in [9.17, 15) is 14.2 Å². The second-order valence-corrected chi connectivity index (χ2v) is 11.8. The van der Waals surface area contributed by atoms with Gasteiger partial charge in [0.05, 0.1) is 12.5 Å². The number of rotatable bonds is 9. The molecule has 216 valence electrons. The summed E-state index contributed by atoms with van der Waals surface area (Å²) in [5.74, 6) is -0.519. The van der Waals surface area contributed by atoms with Gasteiger partial charge in [0.15, 0.2) is 0 Å². The molecule has 1 aliphatic heterocycles. The Morgan fingerprint density at radius 1 is 0.878 bits per heavy atom. The number of carbonyl (C=O) groups excluding carboxylic acids is 2. The normalized spacial score (nSPS) is 18.7. The Balaban J connectivity index is 1.84. The van der Waals surface area contributed by atoms with E-state index in [1.165, 1.54) is 4.90 Å². The Morgan fingerprint density at radius 2 is 1.39 bits per heavy atom. The summed E-state index contributed by atoms with van der Waals surface area (Å²) >= 11 is 0. The van der Waals surface area contributed by atoms with Gasteiger partial charge in [-0.25, -0.2) is 4.79 Å². The van der Waals surface area contributed by atoms with Crippen LogP contribution in [0.2, 0.25) is 0 Å². The van der Waals surface area contributed by atoms with Gasteiger partial charge in [0.2, 0.25) is 5.60 Å². The summed E-state index contributed by atoms with van der Waals surface area (Å²) in [6.07, 6.45) is -1.84. The maximum atomic E-state index is 13.8. The summed E-state index contributed by atoms with van der Waals surface area (Å²) in [4.78, 5) is 28.5. The van der Waals surface area contributed by atoms with Crippen LogP contribution < -0.4 is 0 Å². The monoisotopic (exact) mass is 578 g/mol. The first-order valence-corrected chi connectivity index (χ1v) is 14.4. The van der Waals surface area contributed by atoms with Crippen molar-refractivity contribution >= 4 is 20.7 Å². The Kier molecular flexibility index (Phi) is 9.27. The van der Waals surface area contributed by atoms with E-state index < -0.39 is 49.8 Å². The highest BCUT2D eigenvalue weighted by molar-refractivity contribution is 7.17. The van der Waals surface area contributed by atoms with Crippen LogP contribution in [-0.2, 0) is 40.3 Å². The first-order valence-electron chi connectivity index (χ1n) is 13.5. The average molecular weight is 579 g/mol. The molecule has 3 aromatic carbocycles. The minimum atomic E-state index is -1.44. The van der Waals surface area contributed by atoms with Gasteiger partial charge < -0.3 is 14.2 Å². The van der Waals surface area contributed by atoms with E-state index in [4.69, 9.17) is 18.7 Å². The molecule has 1 saturated heterocycles. The molecule has 1 fully saturated rings. The van der Waals surface area contributed by atoms with Crippen molar-refractivity contribution in [1.29, 1.82) is 0 Å². The summed E-state index contributed by atoms with van der Waals surface area (Å²) < 4.78 is 36.6. The number of esters is 1. The van der Waals surface area contributed by atoms with Gasteiger partial charge in [0.25, 0.3) is 0 Å². The molecular weight excluding hydrogens is 541 g/mol. The number of amides is 1. The fraction of sp³-hybridized carbons (Fsp3) is 0.375. The maximum Gasteiger partial charge on any atom is 0.495 e. The summed E-state index contributed by atoms with van der Waals surface area (Å²) in [6, 6.07) is 26.9. The van der Waals surface area contributed by atoms with Crippen LogP contribution in [0.25, 0.3) is 0 Å². The molecule has 41 heavy (non-hydrogen) atoms. The largest absolute Gasteiger partial charge is 0.495 e. The molecule has 0 bridgehead atoms. The molecule has 0 radical (unpaired) electrons. The minimum absolute atomic E-state index is 0.0387. The van der Waals surface area contributed by atoms with E-state index in [2.05, 4.69) is 0 Å². The van der Waals surface area contributed by atoms with Crippen LogP contribution in [0.4, 0.5) is 4.79 Å². The van der Waals surface area contributed by atoms with Crippen LogP contribution in [0, 0.1) is 0 Å². The number of hydrogen-bond donors (Lipinski definition) is 0. The van der Waals surface area contributed by atoms with E-state index in [-0.39, 0.29) is 13.0 Å². The smallest absolute Gasteiger partial charge is 0.460 e. The van der Waals surface area contributed by atoms with Crippen LogP contribution in [-0.4, -0.2) is 40.4 Å². The van der Waals surface area contributed by atoms with Gasteiger partial charge in [-0.1, -0.05) is 91.0 Å². The van der Waals surface area contributed by atoms with Crippen molar-refractivity contribution in [1.82, 2.24) is 4.90 Å². The standard InChI is InChI=1S/C32H37NO7P/c1-30(2,3)38-27(34)21-26-28(39-31(4,5)33(26)29(35)37-22-23-15-9-6-10-16-23)32(40-41-36,24-17-11-7-12-18-24)25-19-13-8-14-20-25/h6-20,26,28,41H,21-22H2,1-5H3/q+1. The third-order valence-corrected chi connectivity index (χ3v) is 7.29. The zero-order chi connectivity index (χ0) is 29.7. The van der Waals surface area contributed by atoms with Crippen molar-refractivity contribution in [2.45, 2.75) is 76.7 Å². The predicted octanol–water partition coefficient (Wildman–Crippen LogP) is 6.76. The lowest BCUT2D eigenvalue weighted by Gasteiger charge is -2.37. The third-order valence-electron chi connectivity index (χ3n) is 6.88. The zero-order valence-corrected chi connectivity index (χ0v) is 25.0. The SMILES string of the molecule is CC(C)(C)OC(=O)CC1C(C(O[PH+]=O)(c2ccccc2)c2ccccc2)OC(C)(C)N1C(=O)OCc1ccccc1. The molecule has 0 spiro atoms. The molecule has 0 aromatic heterocycles. The van der Waals surface area contributed by atoms with Crippen LogP contribution in [0.5, 0.6) is 0 Å². The van der Waals surface area contributed by atoms with Crippen LogP contribution in [0.15, 0.2) is 91.0 Å². The number of ether oxygens (including phenoxy) is 3. The molecule has 3 atom stereocenters. The molecule has 9 heteroatoms. The van der Waals surface area contributed by atoms with E-state index in [1.807, 2.05) is 91.0 Å². The number of nitrogens with zero attached hydrogens (tertiary/aromatic N) is 1. The first kappa shape index (κ1) is 30.4. The van der Waals surface area contributed by atoms with Gasteiger partial charge in [-0.3, -0.25) is 9.69 Å². The van der Waals surface area contributed by atoms with Crippen molar-refractivity contribution in [2.75, 3.05) is 0 Å². The minimum Gasteiger partial charge on any atom is -0.460 e. The lowest BCUT2D eigenvalue weighted by atomic mass is 9.78. The number of hydrogen-bond acceptors (Lipinski definition) is 7. The molecular formula is C32H37NO7P+. The van der Waals surface area contributed by atoms with Crippen molar-refractivity contribution in [2.24, 2.45) is 0 Å². The Morgan fingerprint density at radius 3 is 1.88 bits per heavy atom.